The fourth-order valence-electron chi connectivity index (χ4n) is 2.21. The number of benzene rings is 1. The molecule has 0 saturated heterocycles. The monoisotopic (exact) mass is 332 g/mol. The molecule has 0 radical (unpaired) electrons. The van der Waals surface area contributed by atoms with Gasteiger partial charge in [-0.05, 0) is 18.6 Å². The summed E-state index contributed by atoms with van der Waals surface area (Å²) in [6.07, 6.45) is 2.84. The van der Waals surface area contributed by atoms with Crippen molar-refractivity contribution >= 4 is 23.5 Å². The van der Waals surface area contributed by atoms with Gasteiger partial charge in [-0.1, -0.05) is 25.5 Å². The number of β-amino-alcohol motifs (C(OH)–C–C–N with tert-alkyl or cyclic N) is 1. The van der Waals surface area contributed by atoms with Crippen molar-refractivity contribution in [3.63, 3.8) is 0 Å². The number of para-hydroxylation sites is 1. The van der Waals surface area contributed by atoms with Gasteiger partial charge in [-0.2, -0.15) is 0 Å². The SMILES string of the molecule is CCCCOC(=O)c1ccccc1NC1=CC(=O)N(CCO)C1=O. The summed E-state index contributed by atoms with van der Waals surface area (Å²) in [5, 5.41) is 11.7. The number of anilines is 1. The second-order valence-electron chi connectivity index (χ2n) is 5.24. The van der Waals surface area contributed by atoms with E-state index < -0.39 is 17.8 Å². The lowest BCUT2D eigenvalue weighted by Crippen LogP contribution is -2.34. The Hall–Kier alpha value is -2.67. The van der Waals surface area contributed by atoms with Gasteiger partial charge >= 0.3 is 5.97 Å². The third-order valence-corrected chi connectivity index (χ3v) is 3.48. The molecule has 1 aliphatic rings. The van der Waals surface area contributed by atoms with Crippen LogP contribution >= 0.6 is 0 Å². The molecular weight excluding hydrogens is 312 g/mol. The van der Waals surface area contributed by atoms with Crippen molar-refractivity contribution in [1.29, 1.82) is 0 Å². The molecule has 0 aromatic heterocycles. The first-order valence-electron chi connectivity index (χ1n) is 7.80. The second-order valence-corrected chi connectivity index (χ2v) is 5.24. The summed E-state index contributed by atoms with van der Waals surface area (Å²) in [7, 11) is 0. The zero-order chi connectivity index (χ0) is 17.5. The molecule has 0 saturated carbocycles. The molecule has 1 aromatic rings. The van der Waals surface area contributed by atoms with Crippen LogP contribution in [0.5, 0.6) is 0 Å². The topological polar surface area (TPSA) is 95.9 Å². The van der Waals surface area contributed by atoms with Gasteiger partial charge in [0.1, 0.15) is 5.70 Å². The minimum Gasteiger partial charge on any atom is -0.462 e. The highest BCUT2D eigenvalue weighted by molar-refractivity contribution is 6.17. The number of carbonyl (C=O) groups excluding carboxylic acids is 3. The van der Waals surface area contributed by atoms with Crippen LogP contribution < -0.4 is 5.32 Å². The number of amides is 2. The molecule has 24 heavy (non-hydrogen) atoms. The van der Waals surface area contributed by atoms with Crippen LogP contribution in [0.1, 0.15) is 30.1 Å². The van der Waals surface area contributed by atoms with Gasteiger partial charge in [-0.15, -0.1) is 0 Å². The molecule has 0 unspecified atom stereocenters. The van der Waals surface area contributed by atoms with E-state index in [1.54, 1.807) is 24.3 Å². The number of hydrogen-bond donors (Lipinski definition) is 2. The van der Waals surface area contributed by atoms with Gasteiger partial charge in [0.2, 0.25) is 0 Å². The standard InChI is InChI=1S/C17H20N2O5/c1-2-3-10-24-17(23)12-6-4-5-7-13(12)18-14-11-15(21)19(8-9-20)16(14)22/h4-7,11,18,20H,2-3,8-10H2,1H3. The van der Waals surface area contributed by atoms with Crippen molar-refractivity contribution in [2.75, 3.05) is 25.1 Å². The molecule has 2 rings (SSSR count). The number of hydrogen-bond acceptors (Lipinski definition) is 6. The van der Waals surface area contributed by atoms with E-state index >= 15 is 0 Å². The Morgan fingerprint density at radius 3 is 2.75 bits per heavy atom. The average Bonchev–Trinajstić information content (AvgIpc) is 2.83. The molecule has 0 spiro atoms. The number of aliphatic hydroxyl groups excluding tert-OH is 1. The highest BCUT2D eigenvalue weighted by Gasteiger charge is 2.31. The van der Waals surface area contributed by atoms with Crippen molar-refractivity contribution in [3.05, 3.63) is 41.6 Å². The molecule has 1 aliphatic heterocycles. The summed E-state index contributed by atoms with van der Waals surface area (Å²) in [5.74, 6) is -1.53. The third kappa shape index (κ3) is 3.99. The molecule has 0 atom stereocenters. The number of ether oxygens (including phenoxy) is 1. The molecule has 1 heterocycles. The lowest BCUT2D eigenvalue weighted by Gasteiger charge is -2.14. The Morgan fingerprint density at radius 1 is 1.29 bits per heavy atom. The van der Waals surface area contributed by atoms with Gasteiger partial charge in [0.05, 0.1) is 31.0 Å². The maximum Gasteiger partial charge on any atom is 0.340 e. The van der Waals surface area contributed by atoms with Crippen LogP contribution in [-0.2, 0) is 14.3 Å². The van der Waals surface area contributed by atoms with Gasteiger partial charge in [0, 0.05) is 6.08 Å². The average molecular weight is 332 g/mol. The first-order valence-corrected chi connectivity index (χ1v) is 7.80. The third-order valence-electron chi connectivity index (χ3n) is 3.48. The molecule has 0 bridgehead atoms. The first kappa shape index (κ1) is 17.7. The van der Waals surface area contributed by atoms with Crippen LogP contribution in [0.4, 0.5) is 5.69 Å². The Bertz CT molecular complexity index is 669. The zero-order valence-electron chi connectivity index (χ0n) is 13.4. The van der Waals surface area contributed by atoms with Gasteiger partial charge in [-0.25, -0.2) is 4.79 Å². The van der Waals surface area contributed by atoms with Gasteiger partial charge < -0.3 is 15.2 Å². The van der Waals surface area contributed by atoms with Crippen LogP contribution in [0.3, 0.4) is 0 Å². The van der Waals surface area contributed by atoms with E-state index in [9.17, 15) is 14.4 Å². The van der Waals surface area contributed by atoms with Crippen molar-refractivity contribution in [1.82, 2.24) is 4.90 Å². The predicted molar refractivity (Wildman–Crippen MR) is 87.1 cm³/mol. The molecule has 7 heteroatoms. The fraction of sp³-hybridized carbons (Fsp3) is 0.353. The summed E-state index contributed by atoms with van der Waals surface area (Å²) in [6, 6.07) is 6.61. The van der Waals surface area contributed by atoms with Crippen LogP contribution in [-0.4, -0.2) is 47.5 Å². The number of carbonyl (C=O) groups is 3. The largest absolute Gasteiger partial charge is 0.462 e. The lowest BCUT2D eigenvalue weighted by molar-refractivity contribution is -0.137. The Labute approximate surface area is 139 Å². The number of imide groups is 1. The van der Waals surface area contributed by atoms with E-state index in [1.165, 1.54) is 0 Å². The highest BCUT2D eigenvalue weighted by atomic mass is 16.5. The van der Waals surface area contributed by atoms with E-state index in [2.05, 4.69) is 5.32 Å². The number of esters is 1. The van der Waals surface area contributed by atoms with Crippen molar-refractivity contribution < 1.29 is 24.2 Å². The molecule has 0 fully saturated rings. The van der Waals surface area contributed by atoms with E-state index in [4.69, 9.17) is 9.84 Å². The number of aliphatic hydroxyl groups is 1. The van der Waals surface area contributed by atoms with Crippen molar-refractivity contribution in [2.24, 2.45) is 0 Å². The van der Waals surface area contributed by atoms with Crippen LogP contribution in [0.2, 0.25) is 0 Å². The normalized spacial score (nSPS) is 13.9. The predicted octanol–water partition coefficient (Wildman–Crippen LogP) is 1.30. The van der Waals surface area contributed by atoms with E-state index in [-0.39, 0.29) is 24.4 Å². The summed E-state index contributed by atoms with van der Waals surface area (Å²) >= 11 is 0. The van der Waals surface area contributed by atoms with Crippen LogP contribution in [0, 0.1) is 0 Å². The smallest absolute Gasteiger partial charge is 0.340 e. The quantitative estimate of drug-likeness (QED) is 0.423. The number of unbranched alkanes of at least 4 members (excludes halogenated alkanes) is 1. The number of nitrogens with zero attached hydrogens (tertiary/aromatic N) is 1. The molecule has 1 aromatic carbocycles. The highest BCUT2D eigenvalue weighted by Crippen LogP contribution is 2.21. The summed E-state index contributed by atoms with van der Waals surface area (Å²) in [4.78, 5) is 37.0. The second kappa shape index (κ2) is 8.26. The van der Waals surface area contributed by atoms with Crippen molar-refractivity contribution in [3.8, 4) is 0 Å². The van der Waals surface area contributed by atoms with Gasteiger partial charge in [-0.3, -0.25) is 14.5 Å². The van der Waals surface area contributed by atoms with E-state index in [0.717, 1.165) is 23.8 Å². The summed E-state index contributed by atoms with van der Waals surface area (Å²) in [6.45, 7) is 1.95. The Kier molecular flexibility index (Phi) is 6.08. The van der Waals surface area contributed by atoms with Crippen molar-refractivity contribution in [2.45, 2.75) is 19.8 Å². The minimum atomic E-state index is -0.539. The molecule has 2 N–H and O–H groups in total. The van der Waals surface area contributed by atoms with Crippen LogP contribution in [0.15, 0.2) is 36.0 Å². The Balaban J connectivity index is 2.13. The van der Waals surface area contributed by atoms with E-state index in [1.807, 2.05) is 6.92 Å². The first-order chi connectivity index (χ1) is 11.6. The molecule has 2 amide bonds. The maximum absolute atomic E-state index is 12.1. The molecule has 7 nitrogen and oxygen atoms in total. The summed E-state index contributed by atoms with van der Waals surface area (Å²) in [5.41, 5.74) is 0.731. The lowest BCUT2D eigenvalue weighted by atomic mass is 10.1. The molecular formula is C17H20N2O5. The van der Waals surface area contributed by atoms with E-state index in [0.29, 0.717) is 12.3 Å². The number of rotatable bonds is 8. The maximum atomic E-state index is 12.1. The van der Waals surface area contributed by atoms with Gasteiger partial charge in [0.25, 0.3) is 11.8 Å². The zero-order valence-corrected chi connectivity index (χ0v) is 13.4. The fourth-order valence-corrected chi connectivity index (χ4v) is 2.21. The summed E-state index contributed by atoms with van der Waals surface area (Å²) < 4.78 is 5.19. The van der Waals surface area contributed by atoms with Gasteiger partial charge in [0.15, 0.2) is 0 Å². The minimum absolute atomic E-state index is 0.0576. The molecule has 128 valence electrons. The number of nitrogens with one attached hydrogen (secondary N) is 1. The molecule has 0 aliphatic carbocycles. The van der Waals surface area contributed by atoms with Crippen LogP contribution in [0.25, 0.3) is 0 Å². The Morgan fingerprint density at radius 2 is 2.04 bits per heavy atom.